The van der Waals surface area contributed by atoms with Gasteiger partial charge in [-0.3, -0.25) is 4.79 Å². The van der Waals surface area contributed by atoms with Gasteiger partial charge in [0.05, 0.1) is 18.4 Å². The standard InChI is InChI=1S/C23H17Cl2FN2O/c1-14-10-19(20(13-27)16-4-6-17(24)7-5-16)21(25)12-22(14)28-23(29)11-15-2-8-18(26)9-3-15/h2-10,12,20H,11H2,1H3,(H,28,29)/t20-/m0/s1. The van der Waals surface area contributed by atoms with Gasteiger partial charge >= 0.3 is 0 Å². The summed E-state index contributed by atoms with van der Waals surface area (Å²) in [5, 5.41) is 13.5. The summed E-state index contributed by atoms with van der Waals surface area (Å²) in [6.45, 7) is 1.84. The molecule has 0 aliphatic rings. The van der Waals surface area contributed by atoms with E-state index in [2.05, 4.69) is 11.4 Å². The van der Waals surface area contributed by atoms with E-state index >= 15 is 0 Å². The molecule has 0 aliphatic heterocycles. The van der Waals surface area contributed by atoms with Crippen LogP contribution in [0, 0.1) is 24.1 Å². The van der Waals surface area contributed by atoms with Crippen LogP contribution in [-0.2, 0) is 11.2 Å². The van der Waals surface area contributed by atoms with Crippen LogP contribution in [0.5, 0.6) is 0 Å². The molecule has 146 valence electrons. The highest BCUT2D eigenvalue weighted by Crippen LogP contribution is 2.34. The van der Waals surface area contributed by atoms with Crippen molar-refractivity contribution >= 4 is 34.8 Å². The van der Waals surface area contributed by atoms with Gasteiger partial charge in [0.15, 0.2) is 0 Å². The monoisotopic (exact) mass is 426 g/mol. The number of benzene rings is 3. The van der Waals surface area contributed by atoms with Crippen LogP contribution >= 0.6 is 23.2 Å². The normalized spacial score (nSPS) is 11.6. The van der Waals surface area contributed by atoms with Crippen molar-refractivity contribution in [1.29, 1.82) is 5.26 Å². The molecule has 3 aromatic carbocycles. The smallest absolute Gasteiger partial charge is 0.228 e. The molecule has 1 amide bonds. The van der Waals surface area contributed by atoms with Crippen molar-refractivity contribution in [2.45, 2.75) is 19.3 Å². The van der Waals surface area contributed by atoms with Crippen molar-refractivity contribution in [3.63, 3.8) is 0 Å². The van der Waals surface area contributed by atoms with Crippen LogP contribution in [0.1, 0.15) is 28.2 Å². The molecule has 0 spiro atoms. The number of rotatable bonds is 5. The Hall–Kier alpha value is -2.87. The summed E-state index contributed by atoms with van der Waals surface area (Å²) >= 11 is 12.4. The fraction of sp³-hybridized carbons (Fsp3) is 0.130. The number of carbonyl (C=O) groups excluding carboxylic acids is 1. The molecule has 6 heteroatoms. The van der Waals surface area contributed by atoms with Crippen molar-refractivity contribution in [2.24, 2.45) is 0 Å². The predicted octanol–water partition coefficient (Wildman–Crippen LogP) is 6.28. The van der Waals surface area contributed by atoms with E-state index < -0.39 is 5.92 Å². The van der Waals surface area contributed by atoms with Crippen LogP contribution in [0.25, 0.3) is 0 Å². The topological polar surface area (TPSA) is 52.9 Å². The van der Waals surface area contributed by atoms with Gasteiger partial charge in [0.25, 0.3) is 0 Å². The van der Waals surface area contributed by atoms with Crippen LogP contribution in [0.3, 0.4) is 0 Å². The summed E-state index contributed by atoms with van der Waals surface area (Å²) in [4.78, 5) is 12.3. The number of aryl methyl sites for hydroxylation is 1. The average Bonchev–Trinajstić information content (AvgIpc) is 2.69. The number of carbonyl (C=O) groups is 1. The molecule has 0 heterocycles. The Balaban J connectivity index is 1.81. The molecule has 3 rings (SSSR count). The van der Waals surface area contributed by atoms with Gasteiger partial charge in [0.2, 0.25) is 5.91 Å². The number of nitrogens with zero attached hydrogens (tertiary/aromatic N) is 1. The van der Waals surface area contributed by atoms with Crippen LogP contribution in [0.4, 0.5) is 10.1 Å². The molecule has 0 unspecified atom stereocenters. The van der Waals surface area contributed by atoms with Gasteiger partial charge in [-0.05, 0) is 59.5 Å². The van der Waals surface area contributed by atoms with E-state index in [0.717, 1.165) is 11.1 Å². The van der Waals surface area contributed by atoms with Crippen LogP contribution < -0.4 is 5.32 Å². The average molecular weight is 427 g/mol. The van der Waals surface area contributed by atoms with Gasteiger partial charge in [0.1, 0.15) is 5.82 Å². The molecular formula is C23H17Cl2FN2O. The molecule has 0 aliphatic carbocycles. The second kappa shape index (κ2) is 9.09. The van der Waals surface area contributed by atoms with Gasteiger partial charge in [-0.1, -0.05) is 53.5 Å². The lowest BCUT2D eigenvalue weighted by Gasteiger charge is -2.16. The van der Waals surface area contributed by atoms with E-state index in [1.165, 1.54) is 12.1 Å². The zero-order valence-electron chi connectivity index (χ0n) is 15.5. The number of nitrogens with one attached hydrogen (secondary N) is 1. The minimum Gasteiger partial charge on any atom is -0.326 e. The van der Waals surface area contributed by atoms with Crippen molar-refractivity contribution in [1.82, 2.24) is 0 Å². The zero-order chi connectivity index (χ0) is 21.0. The molecule has 0 bridgehead atoms. The highest BCUT2D eigenvalue weighted by Gasteiger charge is 2.19. The van der Waals surface area contributed by atoms with Gasteiger partial charge in [-0.15, -0.1) is 0 Å². The predicted molar refractivity (Wildman–Crippen MR) is 114 cm³/mol. The third-order valence-electron chi connectivity index (χ3n) is 4.54. The minimum atomic E-state index is -0.553. The molecule has 1 atom stereocenters. The van der Waals surface area contributed by atoms with E-state index in [0.29, 0.717) is 26.9 Å². The highest BCUT2D eigenvalue weighted by molar-refractivity contribution is 6.32. The SMILES string of the molecule is Cc1cc([C@@H](C#N)c2ccc(Cl)cc2)c(Cl)cc1NC(=O)Cc1ccc(F)cc1. The van der Waals surface area contributed by atoms with Gasteiger partial charge < -0.3 is 5.32 Å². The Morgan fingerprint density at radius 1 is 1.10 bits per heavy atom. The molecule has 0 saturated carbocycles. The molecule has 3 aromatic rings. The molecule has 0 saturated heterocycles. The molecule has 1 N–H and O–H groups in total. The Morgan fingerprint density at radius 3 is 2.38 bits per heavy atom. The maximum atomic E-state index is 13.0. The molecular weight excluding hydrogens is 410 g/mol. The Bertz CT molecular complexity index is 1070. The molecule has 0 fully saturated rings. The summed E-state index contributed by atoms with van der Waals surface area (Å²) < 4.78 is 13.0. The van der Waals surface area contributed by atoms with Gasteiger partial charge in [-0.2, -0.15) is 5.26 Å². The van der Waals surface area contributed by atoms with Gasteiger partial charge in [0, 0.05) is 15.7 Å². The van der Waals surface area contributed by atoms with E-state index in [1.54, 1.807) is 48.5 Å². The summed E-state index contributed by atoms with van der Waals surface area (Å²) in [6.07, 6.45) is 0.116. The first kappa shape index (κ1) is 20.9. The third-order valence-corrected chi connectivity index (χ3v) is 5.12. The fourth-order valence-electron chi connectivity index (χ4n) is 3.02. The number of anilines is 1. The molecule has 3 nitrogen and oxygen atoms in total. The maximum Gasteiger partial charge on any atom is 0.228 e. The molecule has 29 heavy (non-hydrogen) atoms. The van der Waals surface area contributed by atoms with Crippen molar-refractivity contribution < 1.29 is 9.18 Å². The summed E-state index contributed by atoms with van der Waals surface area (Å²) in [6, 6.07) is 18.5. The second-order valence-electron chi connectivity index (χ2n) is 6.65. The number of hydrogen-bond donors (Lipinski definition) is 1. The van der Waals surface area contributed by atoms with Crippen molar-refractivity contribution in [3.8, 4) is 6.07 Å². The summed E-state index contributed by atoms with van der Waals surface area (Å²) in [5.41, 5.74) is 3.50. The Morgan fingerprint density at radius 2 is 1.76 bits per heavy atom. The quantitative estimate of drug-likeness (QED) is 0.521. The van der Waals surface area contributed by atoms with E-state index in [-0.39, 0.29) is 18.1 Å². The minimum absolute atomic E-state index is 0.116. The largest absolute Gasteiger partial charge is 0.326 e. The van der Waals surface area contributed by atoms with Crippen LogP contribution in [0.2, 0.25) is 10.0 Å². The zero-order valence-corrected chi connectivity index (χ0v) is 17.1. The Labute approximate surface area is 178 Å². The first-order chi connectivity index (χ1) is 13.9. The number of nitriles is 1. The number of amides is 1. The summed E-state index contributed by atoms with van der Waals surface area (Å²) in [5.74, 6) is -1.14. The maximum absolute atomic E-state index is 13.0. The first-order valence-corrected chi connectivity index (χ1v) is 9.62. The highest BCUT2D eigenvalue weighted by atomic mass is 35.5. The lowest BCUT2D eigenvalue weighted by molar-refractivity contribution is -0.115. The molecule has 0 aromatic heterocycles. The number of hydrogen-bond acceptors (Lipinski definition) is 2. The van der Waals surface area contributed by atoms with E-state index in [9.17, 15) is 14.4 Å². The van der Waals surface area contributed by atoms with Crippen LogP contribution in [-0.4, -0.2) is 5.91 Å². The second-order valence-corrected chi connectivity index (χ2v) is 7.50. The fourth-order valence-corrected chi connectivity index (χ4v) is 3.42. The number of halogens is 3. The Kier molecular flexibility index (Phi) is 6.53. The third kappa shape index (κ3) is 5.14. The van der Waals surface area contributed by atoms with Crippen LogP contribution in [0.15, 0.2) is 60.7 Å². The van der Waals surface area contributed by atoms with E-state index in [4.69, 9.17) is 23.2 Å². The first-order valence-electron chi connectivity index (χ1n) is 8.87. The summed E-state index contributed by atoms with van der Waals surface area (Å²) in [7, 11) is 0. The van der Waals surface area contributed by atoms with Crippen molar-refractivity contribution in [2.75, 3.05) is 5.32 Å². The lowest BCUT2D eigenvalue weighted by Crippen LogP contribution is -2.15. The van der Waals surface area contributed by atoms with Crippen molar-refractivity contribution in [3.05, 3.63) is 98.8 Å². The van der Waals surface area contributed by atoms with E-state index in [1.807, 2.05) is 6.92 Å². The molecule has 0 radical (unpaired) electrons. The van der Waals surface area contributed by atoms with Gasteiger partial charge in [-0.25, -0.2) is 4.39 Å². The lowest BCUT2D eigenvalue weighted by atomic mass is 9.91.